The van der Waals surface area contributed by atoms with Gasteiger partial charge in [0, 0.05) is 13.1 Å². The van der Waals surface area contributed by atoms with Crippen LogP contribution in [0.15, 0.2) is 34.7 Å². The zero-order valence-corrected chi connectivity index (χ0v) is 19.0. The van der Waals surface area contributed by atoms with Crippen molar-refractivity contribution in [2.45, 2.75) is 56.6 Å². The van der Waals surface area contributed by atoms with E-state index in [0.29, 0.717) is 26.0 Å². The number of nitrogens with zero attached hydrogens (tertiary/aromatic N) is 1. The summed E-state index contributed by atoms with van der Waals surface area (Å²) < 4.78 is 46.4. The predicted octanol–water partition coefficient (Wildman–Crippen LogP) is 1.99. The monoisotopic (exact) mass is 467 g/mol. The van der Waals surface area contributed by atoms with Crippen molar-refractivity contribution in [3.8, 4) is 0 Å². The summed E-state index contributed by atoms with van der Waals surface area (Å²) in [6, 6.07) is 3.58. The molecule has 1 saturated heterocycles. The van der Waals surface area contributed by atoms with Gasteiger partial charge in [0.25, 0.3) is 0 Å². The van der Waals surface area contributed by atoms with E-state index in [0.717, 1.165) is 29.6 Å². The maximum atomic E-state index is 13.6. The molecule has 0 spiro atoms. The van der Waals surface area contributed by atoms with Gasteiger partial charge in [0.05, 0.1) is 18.0 Å². The van der Waals surface area contributed by atoms with Gasteiger partial charge in [-0.05, 0) is 69.2 Å². The summed E-state index contributed by atoms with van der Waals surface area (Å²) >= 11 is 0. The minimum atomic E-state index is -3.96. The summed E-state index contributed by atoms with van der Waals surface area (Å²) in [4.78, 5) is 24.2. The number of hydrogen-bond acceptors (Lipinski definition) is 5. The van der Waals surface area contributed by atoms with Gasteiger partial charge in [0.2, 0.25) is 10.0 Å². The smallest absolute Gasteiger partial charge is 0.309 e. The minimum Gasteiger partial charge on any atom is -0.360 e. The Morgan fingerprint density at radius 3 is 2.69 bits per heavy atom. The zero-order chi connectivity index (χ0) is 23.1. The average Bonchev–Trinajstić information content (AvgIpc) is 2.80. The van der Waals surface area contributed by atoms with E-state index >= 15 is 0 Å². The molecule has 0 radical (unpaired) electrons. The third-order valence-electron chi connectivity index (χ3n) is 5.65. The fourth-order valence-electron chi connectivity index (χ4n) is 3.82. The maximum Gasteiger partial charge on any atom is 0.309 e. The first-order valence-corrected chi connectivity index (χ1v) is 12.4. The Hall–Kier alpha value is -2.30. The number of ether oxygens (including phenoxy) is 1. The number of sulfonamides is 1. The fourth-order valence-corrected chi connectivity index (χ4v) is 5.48. The Morgan fingerprint density at radius 2 is 1.97 bits per heavy atom. The summed E-state index contributed by atoms with van der Waals surface area (Å²) in [5.74, 6) is -2.10. The standard InChI is InChI=1S/C22H30FN3O5S/c1-16-14-18(8-9-19(16)23)32(29,30)26-12-5-13-31-20(26)15-25-22(28)21(27)24-11-10-17-6-3-2-4-7-17/h6,8-9,14,20H,2-5,7,10-13,15H2,1H3,(H,24,27)(H,25,28). The SMILES string of the molecule is Cc1cc(S(=O)(=O)N2CCCOC2CNC(=O)C(=O)NCCC2=CCCCC2)ccc1F. The molecule has 1 aromatic rings. The normalized spacial score (nSPS) is 19.8. The van der Waals surface area contributed by atoms with Crippen LogP contribution in [0.2, 0.25) is 0 Å². The second-order valence-corrected chi connectivity index (χ2v) is 9.92. The third-order valence-corrected chi connectivity index (χ3v) is 7.54. The lowest BCUT2D eigenvalue weighted by atomic mass is 9.97. The van der Waals surface area contributed by atoms with Crippen molar-refractivity contribution in [1.82, 2.24) is 14.9 Å². The average molecular weight is 468 g/mol. The van der Waals surface area contributed by atoms with E-state index in [1.165, 1.54) is 31.1 Å². The number of hydrogen-bond donors (Lipinski definition) is 2. The molecule has 32 heavy (non-hydrogen) atoms. The van der Waals surface area contributed by atoms with Crippen LogP contribution in [0.4, 0.5) is 4.39 Å². The molecule has 8 nitrogen and oxygen atoms in total. The minimum absolute atomic E-state index is 0.0482. The van der Waals surface area contributed by atoms with E-state index in [4.69, 9.17) is 4.74 Å². The Labute approximate surface area is 188 Å². The largest absolute Gasteiger partial charge is 0.360 e. The Bertz CT molecular complexity index is 980. The molecule has 2 N–H and O–H groups in total. The van der Waals surface area contributed by atoms with Gasteiger partial charge in [-0.3, -0.25) is 9.59 Å². The van der Waals surface area contributed by atoms with Gasteiger partial charge in [0.15, 0.2) is 0 Å². The van der Waals surface area contributed by atoms with Crippen molar-refractivity contribution in [2.24, 2.45) is 0 Å². The fraction of sp³-hybridized carbons (Fsp3) is 0.545. The topological polar surface area (TPSA) is 105 Å². The molecule has 1 aromatic carbocycles. The summed E-state index contributed by atoms with van der Waals surface area (Å²) in [7, 11) is -3.96. The lowest BCUT2D eigenvalue weighted by Gasteiger charge is -2.34. The quantitative estimate of drug-likeness (QED) is 0.471. The van der Waals surface area contributed by atoms with Crippen LogP contribution in [0.5, 0.6) is 0 Å². The van der Waals surface area contributed by atoms with Crippen LogP contribution in [0.25, 0.3) is 0 Å². The van der Waals surface area contributed by atoms with Crippen LogP contribution >= 0.6 is 0 Å². The van der Waals surface area contributed by atoms with E-state index in [1.807, 2.05) is 0 Å². The number of amides is 2. The highest BCUT2D eigenvalue weighted by Gasteiger charge is 2.35. The van der Waals surface area contributed by atoms with Crippen LogP contribution in [-0.4, -0.2) is 57.0 Å². The van der Waals surface area contributed by atoms with Gasteiger partial charge in [-0.2, -0.15) is 4.31 Å². The number of aryl methyl sites for hydroxylation is 1. The first-order valence-electron chi connectivity index (χ1n) is 10.9. The van der Waals surface area contributed by atoms with Crippen LogP contribution in [0, 0.1) is 12.7 Å². The van der Waals surface area contributed by atoms with E-state index in [9.17, 15) is 22.4 Å². The van der Waals surface area contributed by atoms with Crippen molar-refractivity contribution in [2.75, 3.05) is 26.2 Å². The third kappa shape index (κ3) is 6.14. The van der Waals surface area contributed by atoms with E-state index in [2.05, 4.69) is 16.7 Å². The Kier molecular flexibility index (Phi) is 8.38. The molecule has 1 atom stereocenters. The molecule has 2 aliphatic rings. The van der Waals surface area contributed by atoms with Crippen LogP contribution < -0.4 is 10.6 Å². The molecule has 0 aromatic heterocycles. The number of allylic oxidation sites excluding steroid dienone is 1. The Balaban J connectivity index is 1.55. The van der Waals surface area contributed by atoms with E-state index in [-0.39, 0.29) is 23.5 Å². The Morgan fingerprint density at radius 1 is 1.19 bits per heavy atom. The lowest BCUT2D eigenvalue weighted by Crippen LogP contribution is -2.53. The van der Waals surface area contributed by atoms with Crippen molar-refractivity contribution in [3.05, 3.63) is 41.2 Å². The van der Waals surface area contributed by atoms with E-state index < -0.39 is 33.9 Å². The summed E-state index contributed by atoms with van der Waals surface area (Å²) in [6.07, 6.45) is 6.86. The first-order chi connectivity index (χ1) is 15.3. The first kappa shape index (κ1) is 24.3. The zero-order valence-electron chi connectivity index (χ0n) is 18.2. The van der Waals surface area contributed by atoms with Crippen LogP contribution in [-0.2, 0) is 24.3 Å². The lowest BCUT2D eigenvalue weighted by molar-refractivity contribution is -0.140. The second-order valence-electron chi connectivity index (χ2n) is 8.03. The second kappa shape index (κ2) is 11.0. The molecule has 176 valence electrons. The highest BCUT2D eigenvalue weighted by molar-refractivity contribution is 7.89. The molecule has 10 heteroatoms. The van der Waals surface area contributed by atoms with Crippen LogP contribution in [0.1, 0.15) is 44.1 Å². The van der Waals surface area contributed by atoms with Gasteiger partial charge in [-0.15, -0.1) is 0 Å². The van der Waals surface area contributed by atoms with Crippen molar-refractivity contribution in [3.63, 3.8) is 0 Å². The number of carbonyl (C=O) groups is 2. The molecule has 2 amide bonds. The highest BCUT2D eigenvalue weighted by Crippen LogP contribution is 2.23. The van der Waals surface area contributed by atoms with Gasteiger partial charge >= 0.3 is 11.8 Å². The number of carbonyl (C=O) groups excluding carboxylic acids is 2. The van der Waals surface area contributed by atoms with Gasteiger partial charge in [0.1, 0.15) is 12.0 Å². The maximum absolute atomic E-state index is 13.6. The predicted molar refractivity (Wildman–Crippen MR) is 117 cm³/mol. The molecule has 1 aliphatic heterocycles. The van der Waals surface area contributed by atoms with Crippen molar-refractivity contribution in [1.29, 1.82) is 0 Å². The molecule has 1 aliphatic carbocycles. The van der Waals surface area contributed by atoms with E-state index in [1.54, 1.807) is 0 Å². The van der Waals surface area contributed by atoms with Gasteiger partial charge < -0.3 is 15.4 Å². The molecular formula is C22H30FN3O5S. The van der Waals surface area contributed by atoms with Gasteiger partial charge in [-0.25, -0.2) is 12.8 Å². The highest BCUT2D eigenvalue weighted by atomic mass is 32.2. The number of nitrogens with one attached hydrogen (secondary N) is 2. The summed E-state index contributed by atoms with van der Waals surface area (Å²) in [5.41, 5.74) is 1.51. The molecular weight excluding hydrogens is 437 g/mol. The van der Waals surface area contributed by atoms with Crippen molar-refractivity contribution >= 4 is 21.8 Å². The summed E-state index contributed by atoms with van der Waals surface area (Å²) in [5, 5.41) is 5.05. The number of benzene rings is 1. The summed E-state index contributed by atoms with van der Waals surface area (Å²) in [6.45, 7) is 2.22. The van der Waals surface area contributed by atoms with Gasteiger partial charge in [-0.1, -0.05) is 11.6 Å². The molecule has 1 heterocycles. The molecule has 1 unspecified atom stereocenters. The van der Waals surface area contributed by atoms with Crippen molar-refractivity contribution < 1.29 is 27.1 Å². The number of rotatable bonds is 7. The number of halogens is 1. The molecule has 1 fully saturated rings. The molecule has 0 saturated carbocycles. The molecule has 0 bridgehead atoms. The molecule has 3 rings (SSSR count). The van der Waals surface area contributed by atoms with Crippen LogP contribution in [0.3, 0.4) is 0 Å².